The largest absolute Gasteiger partial charge is 0.277 e. The van der Waals surface area contributed by atoms with Gasteiger partial charge in [0.15, 0.2) is 0 Å². The van der Waals surface area contributed by atoms with Crippen LogP contribution in [0.15, 0.2) is 53.4 Å². The molecule has 2 rings (SSSR count). The molecule has 0 amide bonds. The van der Waals surface area contributed by atoms with E-state index in [1.165, 1.54) is 30.3 Å². The Morgan fingerprint density at radius 2 is 1.61 bits per heavy atom. The van der Waals surface area contributed by atoms with Gasteiger partial charge in [-0.25, -0.2) is 12.8 Å². The number of sulfonamides is 1. The Balaban J connectivity index is 2.33. The van der Waals surface area contributed by atoms with Gasteiger partial charge in [0.25, 0.3) is 10.0 Å². The zero-order chi connectivity index (χ0) is 13.2. The Bertz CT molecular complexity index is 656. The molecule has 0 radical (unpaired) electrons. The highest BCUT2D eigenvalue weighted by atomic mass is 127. The first-order valence-electron chi connectivity index (χ1n) is 5.02. The summed E-state index contributed by atoms with van der Waals surface area (Å²) in [5.74, 6) is -0.605. The van der Waals surface area contributed by atoms with E-state index in [1.807, 2.05) is 0 Å². The number of halogens is 2. The first-order chi connectivity index (χ1) is 8.49. The van der Waals surface area contributed by atoms with Gasteiger partial charge in [0.2, 0.25) is 0 Å². The van der Waals surface area contributed by atoms with Crippen LogP contribution in [0.5, 0.6) is 0 Å². The molecule has 0 saturated carbocycles. The molecule has 18 heavy (non-hydrogen) atoms. The highest BCUT2D eigenvalue weighted by Crippen LogP contribution is 2.19. The van der Waals surface area contributed by atoms with Crippen molar-refractivity contribution in [1.82, 2.24) is 0 Å². The fourth-order valence-electron chi connectivity index (χ4n) is 1.36. The third kappa shape index (κ3) is 2.99. The quantitative estimate of drug-likeness (QED) is 0.835. The van der Waals surface area contributed by atoms with Gasteiger partial charge in [0, 0.05) is 3.57 Å². The maximum atomic E-state index is 13.4. The van der Waals surface area contributed by atoms with E-state index in [1.54, 1.807) is 18.2 Å². The Kier molecular flexibility index (Phi) is 3.86. The molecule has 6 heteroatoms. The molecule has 2 aromatic rings. The average molecular weight is 377 g/mol. The van der Waals surface area contributed by atoms with Gasteiger partial charge in [-0.3, -0.25) is 4.72 Å². The molecule has 0 spiro atoms. The number of para-hydroxylation sites is 1. The van der Waals surface area contributed by atoms with Gasteiger partial charge in [0.05, 0.1) is 10.6 Å². The third-order valence-electron chi connectivity index (χ3n) is 2.24. The fourth-order valence-corrected chi connectivity index (χ4v) is 2.79. The zero-order valence-electron chi connectivity index (χ0n) is 9.10. The van der Waals surface area contributed by atoms with Crippen LogP contribution in [-0.4, -0.2) is 8.42 Å². The minimum absolute atomic E-state index is 0.0592. The van der Waals surface area contributed by atoms with Crippen molar-refractivity contribution in [3.8, 4) is 0 Å². The minimum Gasteiger partial charge on any atom is -0.277 e. The Morgan fingerprint density at radius 1 is 1.00 bits per heavy atom. The number of nitrogens with one attached hydrogen (secondary N) is 1. The van der Waals surface area contributed by atoms with E-state index < -0.39 is 15.8 Å². The van der Waals surface area contributed by atoms with Gasteiger partial charge in [-0.2, -0.15) is 0 Å². The standard InChI is InChI=1S/C12H9FINO2S/c13-11-3-1-2-4-12(11)15-18(16,17)10-7-5-9(14)6-8-10/h1-8,15H. The van der Waals surface area contributed by atoms with Crippen LogP contribution in [0.3, 0.4) is 0 Å². The average Bonchev–Trinajstić information content (AvgIpc) is 2.32. The lowest BCUT2D eigenvalue weighted by atomic mass is 10.3. The van der Waals surface area contributed by atoms with Crippen molar-refractivity contribution >= 4 is 38.3 Å². The van der Waals surface area contributed by atoms with Crippen molar-refractivity contribution < 1.29 is 12.8 Å². The Hall–Kier alpha value is -1.15. The van der Waals surface area contributed by atoms with Gasteiger partial charge in [0.1, 0.15) is 5.82 Å². The molecule has 0 saturated heterocycles. The topological polar surface area (TPSA) is 46.2 Å². The van der Waals surface area contributed by atoms with Crippen molar-refractivity contribution in [3.05, 3.63) is 57.9 Å². The summed E-state index contributed by atoms with van der Waals surface area (Å²) in [5, 5.41) is 0. The second kappa shape index (κ2) is 5.23. The van der Waals surface area contributed by atoms with Crippen LogP contribution < -0.4 is 4.72 Å². The molecule has 2 aromatic carbocycles. The molecule has 0 bridgehead atoms. The molecule has 0 heterocycles. The number of benzene rings is 2. The molecule has 0 aromatic heterocycles. The summed E-state index contributed by atoms with van der Waals surface area (Å²) in [5.41, 5.74) is -0.0592. The lowest BCUT2D eigenvalue weighted by Gasteiger charge is -2.08. The van der Waals surface area contributed by atoms with Crippen LogP contribution in [0, 0.1) is 9.39 Å². The van der Waals surface area contributed by atoms with E-state index in [0.29, 0.717) is 0 Å². The van der Waals surface area contributed by atoms with Gasteiger partial charge >= 0.3 is 0 Å². The predicted molar refractivity (Wildman–Crippen MR) is 76.4 cm³/mol. The molecule has 0 fully saturated rings. The highest BCUT2D eigenvalue weighted by Gasteiger charge is 2.15. The highest BCUT2D eigenvalue weighted by molar-refractivity contribution is 14.1. The summed E-state index contributed by atoms with van der Waals surface area (Å²) < 4.78 is 40.5. The van der Waals surface area contributed by atoms with Crippen LogP contribution in [0.4, 0.5) is 10.1 Å². The van der Waals surface area contributed by atoms with Crippen molar-refractivity contribution in [2.45, 2.75) is 4.90 Å². The first-order valence-corrected chi connectivity index (χ1v) is 7.58. The molecule has 0 atom stereocenters. The van der Waals surface area contributed by atoms with Gasteiger partial charge in [-0.1, -0.05) is 12.1 Å². The zero-order valence-corrected chi connectivity index (χ0v) is 12.1. The Morgan fingerprint density at radius 3 is 2.22 bits per heavy atom. The normalized spacial score (nSPS) is 11.2. The molecular formula is C12H9FINO2S. The molecule has 94 valence electrons. The van der Waals surface area contributed by atoms with Gasteiger partial charge in [-0.15, -0.1) is 0 Å². The van der Waals surface area contributed by atoms with E-state index in [9.17, 15) is 12.8 Å². The molecule has 0 aliphatic rings. The number of rotatable bonds is 3. The number of hydrogen-bond acceptors (Lipinski definition) is 2. The number of anilines is 1. The second-order valence-electron chi connectivity index (χ2n) is 3.54. The van der Waals surface area contributed by atoms with E-state index in [2.05, 4.69) is 27.3 Å². The lowest BCUT2D eigenvalue weighted by molar-refractivity contribution is 0.598. The van der Waals surface area contributed by atoms with E-state index >= 15 is 0 Å². The van der Waals surface area contributed by atoms with E-state index in [4.69, 9.17) is 0 Å². The minimum atomic E-state index is -3.75. The molecule has 0 aliphatic heterocycles. The maximum Gasteiger partial charge on any atom is 0.261 e. The van der Waals surface area contributed by atoms with Crippen LogP contribution in [-0.2, 0) is 10.0 Å². The summed E-state index contributed by atoms with van der Waals surface area (Å²) in [6.07, 6.45) is 0. The molecule has 1 N–H and O–H groups in total. The van der Waals surface area contributed by atoms with E-state index in [-0.39, 0.29) is 10.6 Å². The van der Waals surface area contributed by atoms with Crippen molar-refractivity contribution in [3.63, 3.8) is 0 Å². The summed E-state index contributed by atoms with van der Waals surface area (Å²) in [6.45, 7) is 0. The maximum absolute atomic E-state index is 13.4. The van der Waals surface area contributed by atoms with Crippen LogP contribution in [0.25, 0.3) is 0 Å². The van der Waals surface area contributed by atoms with Gasteiger partial charge in [-0.05, 0) is 59.0 Å². The van der Waals surface area contributed by atoms with E-state index in [0.717, 1.165) is 3.57 Å². The summed E-state index contributed by atoms with van der Waals surface area (Å²) in [4.78, 5) is 0.103. The predicted octanol–water partition coefficient (Wildman–Crippen LogP) is 3.23. The molecule has 0 unspecified atom stereocenters. The third-order valence-corrected chi connectivity index (χ3v) is 4.34. The van der Waals surface area contributed by atoms with Crippen molar-refractivity contribution in [2.24, 2.45) is 0 Å². The molecule has 3 nitrogen and oxygen atoms in total. The molecule has 0 aliphatic carbocycles. The van der Waals surface area contributed by atoms with Gasteiger partial charge < -0.3 is 0 Å². The Labute approximate surface area is 118 Å². The monoisotopic (exact) mass is 377 g/mol. The summed E-state index contributed by atoms with van der Waals surface area (Å²) in [7, 11) is -3.75. The first kappa shape index (κ1) is 13.3. The SMILES string of the molecule is O=S(=O)(Nc1ccccc1F)c1ccc(I)cc1. The molecular weight excluding hydrogens is 368 g/mol. The number of hydrogen-bond donors (Lipinski definition) is 1. The van der Waals surface area contributed by atoms with Crippen LogP contribution in [0.1, 0.15) is 0 Å². The summed E-state index contributed by atoms with van der Waals surface area (Å²) in [6, 6.07) is 11.9. The lowest BCUT2D eigenvalue weighted by Crippen LogP contribution is -2.13. The van der Waals surface area contributed by atoms with Crippen molar-refractivity contribution in [2.75, 3.05) is 4.72 Å². The van der Waals surface area contributed by atoms with Crippen LogP contribution >= 0.6 is 22.6 Å². The fraction of sp³-hybridized carbons (Fsp3) is 0. The second-order valence-corrected chi connectivity index (χ2v) is 6.47. The van der Waals surface area contributed by atoms with Crippen LogP contribution in [0.2, 0.25) is 0 Å². The van der Waals surface area contributed by atoms with Crippen molar-refractivity contribution in [1.29, 1.82) is 0 Å². The summed E-state index contributed by atoms with van der Waals surface area (Å²) >= 11 is 2.08. The smallest absolute Gasteiger partial charge is 0.261 e.